The highest BCUT2D eigenvalue weighted by Gasteiger charge is 2.14. The van der Waals surface area contributed by atoms with E-state index in [4.69, 9.17) is 9.47 Å². The first-order valence-electron chi connectivity index (χ1n) is 6.10. The number of nitrogens with zero attached hydrogens (tertiary/aromatic N) is 1. The molecule has 0 aliphatic rings. The monoisotopic (exact) mass is 272 g/mol. The Morgan fingerprint density at radius 2 is 1.95 bits per heavy atom. The highest BCUT2D eigenvalue weighted by atomic mass is 16.5. The van der Waals surface area contributed by atoms with Gasteiger partial charge in [-0.15, -0.1) is 0 Å². The van der Waals surface area contributed by atoms with Gasteiger partial charge in [0.25, 0.3) is 5.91 Å². The zero-order valence-electron chi connectivity index (χ0n) is 11.6. The molecule has 104 valence electrons. The second-order valence-corrected chi connectivity index (χ2v) is 4.24. The SMILES string of the molecule is COc1ccc(OC)c(C(=O)Nc2ccc(C)cn2)c1. The lowest BCUT2D eigenvalue weighted by Crippen LogP contribution is -2.14. The number of carbonyl (C=O) groups excluding carboxylic acids is 1. The molecule has 1 aromatic heterocycles. The van der Waals surface area contributed by atoms with Gasteiger partial charge in [0.2, 0.25) is 0 Å². The first kappa shape index (κ1) is 13.9. The van der Waals surface area contributed by atoms with Crippen molar-refractivity contribution >= 4 is 11.7 Å². The van der Waals surface area contributed by atoms with Crippen molar-refractivity contribution in [1.29, 1.82) is 0 Å². The summed E-state index contributed by atoms with van der Waals surface area (Å²) >= 11 is 0. The smallest absolute Gasteiger partial charge is 0.260 e. The number of ether oxygens (including phenoxy) is 2. The van der Waals surface area contributed by atoms with E-state index >= 15 is 0 Å². The van der Waals surface area contributed by atoms with Gasteiger partial charge >= 0.3 is 0 Å². The Morgan fingerprint density at radius 1 is 1.15 bits per heavy atom. The number of rotatable bonds is 4. The molecule has 1 heterocycles. The maximum atomic E-state index is 12.3. The lowest BCUT2D eigenvalue weighted by Gasteiger charge is -2.10. The third kappa shape index (κ3) is 3.06. The molecule has 0 saturated carbocycles. The van der Waals surface area contributed by atoms with E-state index in [0.717, 1.165) is 5.56 Å². The van der Waals surface area contributed by atoms with Gasteiger partial charge in [-0.05, 0) is 36.8 Å². The van der Waals surface area contributed by atoms with Crippen molar-refractivity contribution in [1.82, 2.24) is 4.98 Å². The van der Waals surface area contributed by atoms with Crippen LogP contribution in [0.2, 0.25) is 0 Å². The van der Waals surface area contributed by atoms with Crippen molar-refractivity contribution in [2.24, 2.45) is 0 Å². The Hall–Kier alpha value is -2.56. The Kier molecular flexibility index (Phi) is 4.20. The molecular weight excluding hydrogens is 256 g/mol. The second kappa shape index (κ2) is 6.06. The van der Waals surface area contributed by atoms with E-state index in [-0.39, 0.29) is 5.91 Å². The van der Waals surface area contributed by atoms with E-state index in [9.17, 15) is 4.79 Å². The quantitative estimate of drug-likeness (QED) is 0.929. The van der Waals surface area contributed by atoms with Gasteiger partial charge in [-0.2, -0.15) is 0 Å². The van der Waals surface area contributed by atoms with Crippen molar-refractivity contribution < 1.29 is 14.3 Å². The highest BCUT2D eigenvalue weighted by molar-refractivity contribution is 6.06. The van der Waals surface area contributed by atoms with Crippen LogP contribution in [-0.2, 0) is 0 Å². The number of benzene rings is 1. The number of methoxy groups -OCH3 is 2. The number of aromatic nitrogens is 1. The minimum absolute atomic E-state index is 0.294. The second-order valence-electron chi connectivity index (χ2n) is 4.24. The number of hydrogen-bond acceptors (Lipinski definition) is 4. The molecule has 0 atom stereocenters. The predicted octanol–water partition coefficient (Wildman–Crippen LogP) is 2.66. The molecule has 0 aliphatic carbocycles. The number of anilines is 1. The number of pyridine rings is 1. The van der Waals surface area contributed by atoms with Crippen LogP contribution in [0.25, 0.3) is 0 Å². The topological polar surface area (TPSA) is 60.5 Å². The molecule has 5 nitrogen and oxygen atoms in total. The number of amides is 1. The molecular formula is C15H16N2O3. The normalized spacial score (nSPS) is 9.95. The molecule has 0 fully saturated rings. The number of nitrogens with one attached hydrogen (secondary N) is 1. The zero-order chi connectivity index (χ0) is 14.5. The average Bonchev–Trinajstić information content (AvgIpc) is 2.48. The van der Waals surface area contributed by atoms with Gasteiger partial charge in [0.05, 0.1) is 19.8 Å². The molecule has 0 saturated heterocycles. The minimum Gasteiger partial charge on any atom is -0.497 e. The Balaban J connectivity index is 2.25. The van der Waals surface area contributed by atoms with Gasteiger partial charge in [-0.1, -0.05) is 6.07 Å². The number of carbonyl (C=O) groups is 1. The first-order valence-corrected chi connectivity index (χ1v) is 6.10. The molecule has 0 unspecified atom stereocenters. The molecule has 5 heteroatoms. The summed E-state index contributed by atoms with van der Waals surface area (Å²) in [6, 6.07) is 8.68. The van der Waals surface area contributed by atoms with Crippen molar-refractivity contribution in [3.05, 3.63) is 47.7 Å². The van der Waals surface area contributed by atoms with E-state index < -0.39 is 0 Å². The minimum atomic E-state index is -0.294. The summed E-state index contributed by atoms with van der Waals surface area (Å²) in [5, 5.41) is 2.73. The summed E-state index contributed by atoms with van der Waals surface area (Å²) in [5.41, 5.74) is 1.43. The van der Waals surface area contributed by atoms with Crippen molar-refractivity contribution in [3.8, 4) is 11.5 Å². The third-order valence-corrected chi connectivity index (χ3v) is 2.80. The average molecular weight is 272 g/mol. The molecule has 0 spiro atoms. The lowest BCUT2D eigenvalue weighted by atomic mass is 10.1. The van der Waals surface area contributed by atoms with Crippen LogP contribution >= 0.6 is 0 Å². The van der Waals surface area contributed by atoms with Crippen LogP contribution in [-0.4, -0.2) is 25.1 Å². The van der Waals surface area contributed by atoms with Crippen LogP contribution in [0, 0.1) is 6.92 Å². The molecule has 1 aromatic carbocycles. The number of hydrogen-bond donors (Lipinski definition) is 1. The largest absolute Gasteiger partial charge is 0.497 e. The molecule has 0 aliphatic heterocycles. The van der Waals surface area contributed by atoms with Crippen LogP contribution in [0.4, 0.5) is 5.82 Å². The van der Waals surface area contributed by atoms with Crippen molar-refractivity contribution in [3.63, 3.8) is 0 Å². The Labute approximate surface area is 117 Å². The van der Waals surface area contributed by atoms with Crippen molar-refractivity contribution in [2.75, 3.05) is 19.5 Å². The van der Waals surface area contributed by atoms with E-state index in [2.05, 4.69) is 10.3 Å². The van der Waals surface area contributed by atoms with Gasteiger partial charge in [0.1, 0.15) is 17.3 Å². The molecule has 1 amide bonds. The fourth-order valence-electron chi connectivity index (χ4n) is 1.72. The summed E-state index contributed by atoms with van der Waals surface area (Å²) in [6.45, 7) is 1.93. The van der Waals surface area contributed by atoms with Gasteiger partial charge in [0.15, 0.2) is 0 Å². The van der Waals surface area contributed by atoms with Gasteiger partial charge in [-0.25, -0.2) is 4.98 Å². The van der Waals surface area contributed by atoms with Crippen molar-refractivity contribution in [2.45, 2.75) is 6.92 Å². The summed E-state index contributed by atoms with van der Waals surface area (Å²) in [7, 11) is 3.06. The molecule has 1 N–H and O–H groups in total. The molecule has 0 radical (unpaired) electrons. The van der Waals surface area contributed by atoms with Crippen LogP contribution in [0.5, 0.6) is 11.5 Å². The molecule has 20 heavy (non-hydrogen) atoms. The van der Waals surface area contributed by atoms with Crippen LogP contribution in [0.3, 0.4) is 0 Å². The van der Waals surface area contributed by atoms with E-state index in [1.807, 2.05) is 13.0 Å². The molecule has 2 rings (SSSR count). The van der Waals surface area contributed by atoms with Gasteiger partial charge in [0, 0.05) is 6.20 Å². The fourth-order valence-corrected chi connectivity index (χ4v) is 1.72. The molecule has 0 bridgehead atoms. The van der Waals surface area contributed by atoms with Crippen LogP contribution < -0.4 is 14.8 Å². The Bertz CT molecular complexity index is 609. The first-order chi connectivity index (χ1) is 9.63. The van der Waals surface area contributed by atoms with Gasteiger partial charge < -0.3 is 14.8 Å². The van der Waals surface area contributed by atoms with E-state index in [0.29, 0.717) is 22.9 Å². The standard InChI is InChI=1S/C15H16N2O3/c1-10-4-7-14(16-9-10)17-15(18)12-8-11(19-2)5-6-13(12)20-3/h4-9H,1-3H3,(H,16,17,18). The summed E-state index contributed by atoms with van der Waals surface area (Å²) in [5.74, 6) is 1.27. The predicted molar refractivity (Wildman–Crippen MR) is 76.5 cm³/mol. The van der Waals surface area contributed by atoms with Gasteiger partial charge in [-0.3, -0.25) is 4.79 Å². The van der Waals surface area contributed by atoms with E-state index in [1.54, 1.807) is 37.6 Å². The highest BCUT2D eigenvalue weighted by Crippen LogP contribution is 2.24. The third-order valence-electron chi connectivity index (χ3n) is 2.80. The van der Waals surface area contributed by atoms with Crippen LogP contribution in [0.15, 0.2) is 36.5 Å². The fraction of sp³-hybridized carbons (Fsp3) is 0.200. The zero-order valence-corrected chi connectivity index (χ0v) is 11.6. The summed E-state index contributed by atoms with van der Waals surface area (Å²) in [6.07, 6.45) is 1.69. The maximum Gasteiger partial charge on any atom is 0.260 e. The van der Waals surface area contributed by atoms with Crippen LogP contribution in [0.1, 0.15) is 15.9 Å². The lowest BCUT2D eigenvalue weighted by molar-refractivity contribution is 0.102. The summed E-state index contributed by atoms with van der Waals surface area (Å²) in [4.78, 5) is 16.4. The van der Waals surface area contributed by atoms with E-state index in [1.165, 1.54) is 7.11 Å². The number of aryl methyl sites for hydroxylation is 1. The molecule has 2 aromatic rings. The summed E-state index contributed by atoms with van der Waals surface area (Å²) < 4.78 is 10.3. The Morgan fingerprint density at radius 3 is 2.55 bits per heavy atom. The maximum absolute atomic E-state index is 12.3.